The number of ether oxygens (including phenoxy) is 2. The second-order valence-electron chi connectivity index (χ2n) is 4.03. The summed E-state index contributed by atoms with van der Waals surface area (Å²) in [6, 6.07) is 4.03. The smallest absolute Gasteiger partial charge is 0.270 e. The summed E-state index contributed by atoms with van der Waals surface area (Å²) in [5.74, 6) is 0.391. The number of carbonyl (C=O) groups excluding carboxylic acids is 1. The predicted octanol–water partition coefficient (Wildman–Crippen LogP) is 1.97. The van der Waals surface area contributed by atoms with Crippen LogP contribution in [0.4, 0.5) is 5.69 Å². The van der Waals surface area contributed by atoms with Gasteiger partial charge in [-0.1, -0.05) is 0 Å². The monoisotopic (exact) mass is 251 g/mol. The fraction of sp³-hybridized carbons (Fsp3) is 0.417. The van der Waals surface area contributed by atoms with E-state index in [1.54, 1.807) is 0 Å². The summed E-state index contributed by atoms with van der Waals surface area (Å²) in [5, 5.41) is 10.6. The largest absolute Gasteiger partial charge is 0.489 e. The van der Waals surface area contributed by atoms with Crippen LogP contribution in [0.1, 0.15) is 23.2 Å². The summed E-state index contributed by atoms with van der Waals surface area (Å²) in [6.07, 6.45) is 2.09. The minimum atomic E-state index is -0.536. The van der Waals surface area contributed by atoms with Gasteiger partial charge < -0.3 is 9.47 Å². The highest BCUT2D eigenvalue weighted by Gasteiger charge is 2.18. The first kappa shape index (κ1) is 12.5. The van der Waals surface area contributed by atoms with Gasteiger partial charge in [0.2, 0.25) is 0 Å². The number of hydrogen-bond donors (Lipinski definition) is 0. The highest BCUT2D eigenvalue weighted by Crippen LogP contribution is 2.25. The first-order valence-corrected chi connectivity index (χ1v) is 5.68. The molecule has 1 saturated heterocycles. The van der Waals surface area contributed by atoms with Crippen molar-refractivity contribution in [1.82, 2.24) is 0 Å². The summed E-state index contributed by atoms with van der Waals surface area (Å²) < 4.78 is 10.9. The zero-order valence-electron chi connectivity index (χ0n) is 9.70. The molecule has 0 unspecified atom stereocenters. The molecule has 0 radical (unpaired) electrons. The molecule has 0 atom stereocenters. The zero-order valence-corrected chi connectivity index (χ0v) is 9.70. The molecule has 2 rings (SSSR count). The molecule has 1 heterocycles. The molecule has 0 aromatic heterocycles. The van der Waals surface area contributed by atoms with Gasteiger partial charge in [-0.05, 0) is 6.07 Å². The van der Waals surface area contributed by atoms with Crippen molar-refractivity contribution in [1.29, 1.82) is 0 Å². The first-order valence-electron chi connectivity index (χ1n) is 5.68. The van der Waals surface area contributed by atoms with Crippen LogP contribution in [0.15, 0.2) is 18.2 Å². The average Bonchev–Trinajstić information content (AvgIpc) is 2.40. The van der Waals surface area contributed by atoms with E-state index in [0.29, 0.717) is 25.2 Å². The quantitative estimate of drug-likeness (QED) is 0.464. The van der Waals surface area contributed by atoms with Crippen molar-refractivity contribution in [3.63, 3.8) is 0 Å². The van der Waals surface area contributed by atoms with E-state index in [9.17, 15) is 14.9 Å². The van der Waals surface area contributed by atoms with Crippen LogP contribution in [0.3, 0.4) is 0 Å². The van der Waals surface area contributed by atoms with Gasteiger partial charge in [-0.3, -0.25) is 14.9 Å². The Morgan fingerprint density at radius 3 is 2.72 bits per heavy atom. The number of aldehydes is 1. The van der Waals surface area contributed by atoms with Crippen molar-refractivity contribution < 1.29 is 19.2 Å². The lowest BCUT2D eigenvalue weighted by Gasteiger charge is -2.23. The Bertz CT molecular complexity index is 454. The van der Waals surface area contributed by atoms with E-state index < -0.39 is 4.92 Å². The number of hydrogen-bond acceptors (Lipinski definition) is 5. The average molecular weight is 251 g/mol. The molecule has 6 heteroatoms. The summed E-state index contributed by atoms with van der Waals surface area (Å²) in [7, 11) is 0. The van der Waals surface area contributed by atoms with Crippen molar-refractivity contribution in [2.45, 2.75) is 18.9 Å². The third-order valence-corrected chi connectivity index (χ3v) is 2.79. The first-order chi connectivity index (χ1) is 8.70. The van der Waals surface area contributed by atoms with E-state index in [1.165, 1.54) is 18.2 Å². The molecular weight excluding hydrogens is 238 g/mol. The Balaban J connectivity index is 2.16. The van der Waals surface area contributed by atoms with Gasteiger partial charge in [-0.15, -0.1) is 0 Å². The lowest BCUT2D eigenvalue weighted by molar-refractivity contribution is -0.384. The Morgan fingerprint density at radius 1 is 1.39 bits per heavy atom. The molecule has 0 N–H and O–H groups in total. The van der Waals surface area contributed by atoms with Crippen molar-refractivity contribution in [3.8, 4) is 5.75 Å². The normalized spacial score (nSPS) is 16.2. The highest BCUT2D eigenvalue weighted by atomic mass is 16.6. The van der Waals surface area contributed by atoms with E-state index >= 15 is 0 Å². The molecule has 1 aliphatic heterocycles. The van der Waals surface area contributed by atoms with Crippen molar-refractivity contribution in [3.05, 3.63) is 33.9 Å². The van der Waals surface area contributed by atoms with Crippen LogP contribution in [0.25, 0.3) is 0 Å². The van der Waals surface area contributed by atoms with E-state index in [0.717, 1.165) is 12.8 Å². The van der Waals surface area contributed by atoms with Crippen molar-refractivity contribution >= 4 is 12.0 Å². The van der Waals surface area contributed by atoms with Crippen LogP contribution in [0.2, 0.25) is 0 Å². The lowest BCUT2D eigenvalue weighted by Crippen LogP contribution is -2.26. The standard InChI is InChI=1S/C12H13NO5/c14-8-9-7-10(13(15)16)1-2-12(9)18-11-3-5-17-6-4-11/h1-2,7-8,11H,3-6H2. The number of benzene rings is 1. The Kier molecular flexibility index (Phi) is 3.88. The lowest BCUT2D eigenvalue weighted by atomic mass is 10.1. The fourth-order valence-corrected chi connectivity index (χ4v) is 1.82. The van der Waals surface area contributed by atoms with Crippen LogP contribution in [0.5, 0.6) is 5.75 Å². The number of non-ortho nitro benzene ring substituents is 1. The SMILES string of the molecule is O=Cc1cc([N+](=O)[O-])ccc1OC1CCOCC1. The number of carbonyl (C=O) groups is 1. The summed E-state index contributed by atoms with van der Waals surface area (Å²) in [6.45, 7) is 1.27. The van der Waals surface area contributed by atoms with E-state index in [1.807, 2.05) is 0 Å². The molecule has 1 aromatic carbocycles. The maximum Gasteiger partial charge on any atom is 0.270 e. The number of rotatable bonds is 4. The van der Waals surface area contributed by atoms with Gasteiger partial charge in [-0.2, -0.15) is 0 Å². The van der Waals surface area contributed by atoms with E-state index in [4.69, 9.17) is 9.47 Å². The van der Waals surface area contributed by atoms with Gasteiger partial charge in [-0.25, -0.2) is 0 Å². The molecule has 1 aliphatic rings. The molecule has 0 spiro atoms. The van der Waals surface area contributed by atoms with Gasteiger partial charge in [0.25, 0.3) is 5.69 Å². The van der Waals surface area contributed by atoms with Crippen molar-refractivity contribution in [2.75, 3.05) is 13.2 Å². The maximum absolute atomic E-state index is 10.9. The zero-order chi connectivity index (χ0) is 13.0. The van der Waals surface area contributed by atoms with Gasteiger partial charge in [0.05, 0.1) is 23.7 Å². The van der Waals surface area contributed by atoms with E-state index in [-0.39, 0.29) is 17.4 Å². The van der Waals surface area contributed by atoms with Gasteiger partial charge in [0.1, 0.15) is 11.9 Å². The van der Waals surface area contributed by atoms with Crippen LogP contribution in [-0.2, 0) is 4.74 Å². The van der Waals surface area contributed by atoms with Crippen molar-refractivity contribution in [2.24, 2.45) is 0 Å². The Labute approximate surface area is 104 Å². The summed E-state index contributed by atoms with van der Waals surface area (Å²) >= 11 is 0. The third kappa shape index (κ3) is 2.84. The highest BCUT2D eigenvalue weighted by molar-refractivity contribution is 5.80. The van der Waals surface area contributed by atoms with Crippen LogP contribution in [-0.4, -0.2) is 30.5 Å². The van der Waals surface area contributed by atoms with Gasteiger partial charge in [0.15, 0.2) is 6.29 Å². The molecule has 0 saturated carbocycles. The minimum Gasteiger partial charge on any atom is -0.489 e. The Hall–Kier alpha value is -1.95. The minimum absolute atomic E-state index is 0.00101. The molecule has 1 aromatic rings. The molecule has 1 fully saturated rings. The molecule has 0 aliphatic carbocycles. The fourth-order valence-electron chi connectivity index (χ4n) is 1.82. The van der Waals surface area contributed by atoms with Crippen LogP contribution < -0.4 is 4.74 Å². The van der Waals surface area contributed by atoms with Gasteiger partial charge >= 0.3 is 0 Å². The molecule has 96 valence electrons. The number of nitro benzene ring substituents is 1. The maximum atomic E-state index is 10.9. The summed E-state index contributed by atoms with van der Waals surface area (Å²) in [4.78, 5) is 21.0. The predicted molar refractivity (Wildman–Crippen MR) is 63.0 cm³/mol. The van der Waals surface area contributed by atoms with Crippen LogP contribution >= 0.6 is 0 Å². The summed E-state index contributed by atoms with van der Waals surface area (Å²) in [5.41, 5.74) is 0.0899. The second-order valence-corrected chi connectivity index (χ2v) is 4.03. The number of nitro groups is 1. The third-order valence-electron chi connectivity index (χ3n) is 2.79. The molecule has 6 nitrogen and oxygen atoms in total. The molecule has 0 amide bonds. The second kappa shape index (κ2) is 5.59. The molecular formula is C12H13NO5. The Morgan fingerprint density at radius 2 is 2.11 bits per heavy atom. The molecule has 18 heavy (non-hydrogen) atoms. The van der Waals surface area contributed by atoms with Gasteiger partial charge in [0, 0.05) is 25.0 Å². The molecule has 0 bridgehead atoms. The number of nitrogens with zero attached hydrogens (tertiary/aromatic N) is 1. The topological polar surface area (TPSA) is 78.7 Å². The van der Waals surface area contributed by atoms with E-state index in [2.05, 4.69) is 0 Å². The van der Waals surface area contributed by atoms with Crippen LogP contribution in [0, 0.1) is 10.1 Å².